The second-order valence-electron chi connectivity index (χ2n) is 3.72. The van der Waals surface area contributed by atoms with Crippen LogP contribution < -0.4 is 10.1 Å². The number of hydrogen-bond acceptors (Lipinski definition) is 3. The predicted molar refractivity (Wildman–Crippen MR) is 69.2 cm³/mol. The maximum atomic E-state index is 9.15. The Morgan fingerprint density at radius 2 is 2.35 bits per heavy atom. The number of terminal acetylenes is 1. The fourth-order valence-electron chi connectivity index (χ4n) is 1.36. The number of aliphatic hydroxyl groups excluding tert-OH is 1. The summed E-state index contributed by atoms with van der Waals surface area (Å²) < 4.78 is 5.40. The van der Waals surface area contributed by atoms with Crippen LogP contribution in [-0.4, -0.2) is 24.4 Å². The lowest BCUT2D eigenvalue weighted by Crippen LogP contribution is -2.24. The minimum Gasteiger partial charge on any atom is -0.481 e. The number of benzene rings is 1. The molecule has 0 unspecified atom stereocenters. The van der Waals surface area contributed by atoms with Crippen LogP contribution in [0.2, 0.25) is 5.02 Å². The summed E-state index contributed by atoms with van der Waals surface area (Å²) in [5, 5.41) is 12.9. The van der Waals surface area contributed by atoms with E-state index in [0.717, 1.165) is 5.56 Å². The van der Waals surface area contributed by atoms with Crippen molar-refractivity contribution >= 4 is 11.6 Å². The highest BCUT2D eigenvalue weighted by molar-refractivity contribution is 6.30. The molecule has 0 aliphatic heterocycles. The highest BCUT2D eigenvalue weighted by Gasteiger charge is 2.05. The lowest BCUT2D eigenvalue weighted by atomic mass is 10.2. The second-order valence-corrected chi connectivity index (χ2v) is 4.16. The zero-order valence-electron chi connectivity index (χ0n) is 9.74. The molecule has 2 N–H and O–H groups in total. The maximum absolute atomic E-state index is 9.15. The lowest BCUT2D eigenvalue weighted by molar-refractivity contribution is 0.190. The van der Waals surface area contributed by atoms with Gasteiger partial charge in [0.1, 0.15) is 12.4 Å². The molecular weight excluding hydrogens is 238 g/mol. The highest BCUT2D eigenvalue weighted by atomic mass is 35.5. The molecule has 3 nitrogen and oxygen atoms in total. The third kappa shape index (κ3) is 5.10. The van der Waals surface area contributed by atoms with Gasteiger partial charge in [-0.05, 0) is 25.1 Å². The average molecular weight is 254 g/mol. The van der Waals surface area contributed by atoms with Gasteiger partial charge >= 0.3 is 0 Å². The van der Waals surface area contributed by atoms with E-state index in [9.17, 15) is 0 Å². The van der Waals surface area contributed by atoms with Crippen molar-refractivity contribution in [2.75, 3.05) is 13.2 Å². The Balaban J connectivity index is 2.66. The molecule has 0 heterocycles. The molecule has 0 fully saturated rings. The number of hydrogen-bond donors (Lipinski definition) is 2. The van der Waals surface area contributed by atoms with Crippen LogP contribution in [0.3, 0.4) is 0 Å². The normalized spacial score (nSPS) is 11.9. The van der Waals surface area contributed by atoms with Crippen LogP contribution in [0.1, 0.15) is 12.5 Å². The summed E-state index contributed by atoms with van der Waals surface area (Å²) in [6.45, 7) is 3.04. The Labute approximate surface area is 107 Å². The molecule has 1 rings (SSSR count). The second kappa shape index (κ2) is 7.18. The van der Waals surface area contributed by atoms with Crippen molar-refractivity contribution in [3.05, 3.63) is 28.8 Å². The quantitative estimate of drug-likeness (QED) is 0.760. The van der Waals surface area contributed by atoms with E-state index in [0.29, 0.717) is 23.9 Å². The first-order valence-electron chi connectivity index (χ1n) is 5.37. The van der Waals surface area contributed by atoms with E-state index in [-0.39, 0.29) is 12.7 Å². The number of halogens is 1. The standard InChI is InChI=1S/C13H16ClNO2/c1-3-6-17-13-5-4-12(14)7-11(13)9-15-8-10(2)16/h1,4-5,7,10,15-16H,6,8-9H2,2H3/t10-/m0/s1. The van der Waals surface area contributed by atoms with E-state index < -0.39 is 0 Å². The Morgan fingerprint density at radius 1 is 1.59 bits per heavy atom. The molecule has 92 valence electrons. The van der Waals surface area contributed by atoms with E-state index >= 15 is 0 Å². The third-order valence-corrected chi connectivity index (χ3v) is 2.32. The zero-order chi connectivity index (χ0) is 12.7. The smallest absolute Gasteiger partial charge is 0.148 e. The van der Waals surface area contributed by atoms with Gasteiger partial charge in [0.25, 0.3) is 0 Å². The van der Waals surface area contributed by atoms with E-state index in [1.165, 1.54) is 0 Å². The lowest BCUT2D eigenvalue weighted by Gasteiger charge is -2.12. The van der Waals surface area contributed by atoms with Gasteiger partial charge in [0.05, 0.1) is 6.10 Å². The molecule has 4 heteroatoms. The molecule has 0 aliphatic rings. The summed E-state index contributed by atoms with van der Waals surface area (Å²) in [7, 11) is 0. The average Bonchev–Trinajstić information content (AvgIpc) is 2.27. The summed E-state index contributed by atoms with van der Waals surface area (Å²) in [4.78, 5) is 0. The Kier molecular flexibility index (Phi) is 5.85. The van der Waals surface area contributed by atoms with Gasteiger partial charge in [0, 0.05) is 23.7 Å². The summed E-state index contributed by atoms with van der Waals surface area (Å²) >= 11 is 5.92. The first-order chi connectivity index (χ1) is 8.13. The minimum atomic E-state index is -0.385. The van der Waals surface area contributed by atoms with Gasteiger partial charge in [-0.1, -0.05) is 17.5 Å². The zero-order valence-corrected chi connectivity index (χ0v) is 10.5. The Bertz CT molecular complexity index is 399. The van der Waals surface area contributed by atoms with E-state index in [2.05, 4.69) is 11.2 Å². The number of ether oxygens (including phenoxy) is 1. The molecule has 0 aromatic heterocycles. The molecular formula is C13H16ClNO2. The molecule has 1 aromatic carbocycles. The number of rotatable bonds is 6. The summed E-state index contributed by atoms with van der Waals surface area (Å²) in [5.74, 6) is 3.13. The Hall–Kier alpha value is -1.21. The predicted octanol–water partition coefficient (Wildman–Crippen LogP) is 1.82. The molecule has 0 saturated carbocycles. The van der Waals surface area contributed by atoms with Crippen molar-refractivity contribution in [2.45, 2.75) is 19.6 Å². The maximum Gasteiger partial charge on any atom is 0.148 e. The fourth-order valence-corrected chi connectivity index (χ4v) is 1.56. The number of aliphatic hydroxyl groups is 1. The van der Waals surface area contributed by atoms with E-state index in [1.54, 1.807) is 19.1 Å². The van der Waals surface area contributed by atoms with Gasteiger partial charge in [-0.2, -0.15) is 0 Å². The van der Waals surface area contributed by atoms with Crippen LogP contribution in [0.5, 0.6) is 5.75 Å². The molecule has 0 radical (unpaired) electrons. The molecule has 0 bridgehead atoms. The van der Waals surface area contributed by atoms with Crippen molar-refractivity contribution in [3.8, 4) is 18.1 Å². The van der Waals surface area contributed by atoms with E-state index in [4.69, 9.17) is 27.9 Å². The van der Waals surface area contributed by atoms with Crippen molar-refractivity contribution in [2.24, 2.45) is 0 Å². The summed E-state index contributed by atoms with van der Waals surface area (Å²) in [5.41, 5.74) is 0.924. The van der Waals surface area contributed by atoms with Crippen LogP contribution in [0, 0.1) is 12.3 Å². The minimum absolute atomic E-state index is 0.227. The van der Waals surface area contributed by atoms with Crippen LogP contribution in [-0.2, 0) is 6.54 Å². The number of nitrogens with one attached hydrogen (secondary N) is 1. The van der Waals surface area contributed by atoms with Gasteiger partial charge in [-0.25, -0.2) is 0 Å². The largest absolute Gasteiger partial charge is 0.481 e. The first-order valence-corrected chi connectivity index (χ1v) is 5.74. The Morgan fingerprint density at radius 3 is 3.00 bits per heavy atom. The van der Waals surface area contributed by atoms with Gasteiger partial charge < -0.3 is 15.2 Å². The van der Waals surface area contributed by atoms with Crippen molar-refractivity contribution < 1.29 is 9.84 Å². The first kappa shape index (κ1) is 13.9. The van der Waals surface area contributed by atoms with E-state index in [1.807, 2.05) is 6.07 Å². The molecule has 1 aromatic rings. The van der Waals surface area contributed by atoms with Crippen LogP contribution in [0.25, 0.3) is 0 Å². The SMILES string of the molecule is C#CCOc1ccc(Cl)cc1CNC[C@H](C)O. The van der Waals surface area contributed by atoms with Crippen molar-refractivity contribution in [3.63, 3.8) is 0 Å². The van der Waals surface area contributed by atoms with Crippen LogP contribution in [0.15, 0.2) is 18.2 Å². The van der Waals surface area contributed by atoms with Crippen LogP contribution in [0.4, 0.5) is 0 Å². The van der Waals surface area contributed by atoms with Gasteiger partial charge in [0.15, 0.2) is 0 Å². The molecule has 0 saturated heterocycles. The van der Waals surface area contributed by atoms with Gasteiger partial charge in [-0.15, -0.1) is 6.42 Å². The third-order valence-electron chi connectivity index (χ3n) is 2.09. The molecule has 0 amide bonds. The van der Waals surface area contributed by atoms with Gasteiger partial charge in [0.2, 0.25) is 0 Å². The van der Waals surface area contributed by atoms with Crippen molar-refractivity contribution in [1.82, 2.24) is 5.32 Å². The fraction of sp³-hybridized carbons (Fsp3) is 0.385. The topological polar surface area (TPSA) is 41.5 Å². The van der Waals surface area contributed by atoms with Crippen LogP contribution >= 0.6 is 11.6 Å². The molecule has 0 aliphatic carbocycles. The van der Waals surface area contributed by atoms with Crippen molar-refractivity contribution in [1.29, 1.82) is 0 Å². The molecule has 17 heavy (non-hydrogen) atoms. The summed E-state index contributed by atoms with van der Waals surface area (Å²) in [6.07, 6.45) is 4.76. The monoisotopic (exact) mass is 253 g/mol. The highest BCUT2D eigenvalue weighted by Crippen LogP contribution is 2.22. The molecule has 0 spiro atoms. The molecule has 1 atom stereocenters. The summed E-state index contributed by atoms with van der Waals surface area (Å²) in [6, 6.07) is 5.37. The van der Waals surface area contributed by atoms with Gasteiger partial charge in [-0.3, -0.25) is 0 Å².